The van der Waals surface area contributed by atoms with Crippen LogP contribution in [0.15, 0.2) is 0 Å². The van der Waals surface area contributed by atoms with E-state index in [0.29, 0.717) is 0 Å². The average Bonchev–Trinajstić information content (AvgIpc) is 2.95. The number of hydrogen-bond donors (Lipinski definition) is 0. The molecule has 2 atom stereocenters. The van der Waals surface area contributed by atoms with Crippen molar-refractivity contribution >= 4 is 8.58 Å². The van der Waals surface area contributed by atoms with Crippen LogP contribution in [0, 0.1) is 5.92 Å². The molecule has 39 heavy (non-hydrogen) atoms. The van der Waals surface area contributed by atoms with Gasteiger partial charge in [-0.2, -0.15) is 0 Å². The lowest BCUT2D eigenvalue weighted by atomic mass is 9.75. The van der Waals surface area contributed by atoms with E-state index in [-0.39, 0.29) is 0 Å². The highest BCUT2D eigenvalue weighted by atomic mass is 31.1. The molecule has 0 aromatic heterocycles. The van der Waals surface area contributed by atoms with Crippen LogP contribution in [-0.4, -0.2) is 10.8 Å². The van der Waals surface area contributed by atoms with Gasteiger partial charge in [-0.15, -0.1) is 8.58 Å². The summed E-state index contributed by atoms with van der Waals surface area (Å²) in [6.45, 7) is 4.66. The Morgan fingerprint density at radius 1 is 0.462 bits per heavy atom. The van der Waals surface area contributed by atoms with Crippen molar-refractivity contribution < 1.29 is 0 Å². The van der Waals surface area contributed by atoms with Crippen molar-refractivity contribution in [3.05, 3.63) is 0 Å². The largest absolute Gasteiger partial charge is 0.112 e. The monoisotopic (exact) mass is 563 g/mol. The SMILES string of the molecule is CCCCCCCCCCCCCCCCCCCCCC(CCCCCCCC)C12CCCC(CCC1)P2. The summed E-state index contributed by atoms with van der Waals surface area (Å²) in [7, 11) is 1.33. The molecule has 0 radical (unpaired) electrons. The maximum absolute atomic E-state index is 2.35. The van der Waals surface area contributed by atoms with Gasteiger partial charge in [0, 0.05) is 0 Å². The maximum atomic E-state index is 2.35. The molecule has 0 aromatic rings. The first kappa shape index (κ1) is 35.6. The van der Waals surface area contributed by atoms with Crippen LogP contribution >= 0.6 is 8.58 Å². The summed E-state index contributed by atoms with van der Waals surface area (Å²) in [6, 6.07) is 0. The Labute approximate surface area is 250 Å². The summed E-state index contributed by atoms with van der Waals surface area (Å²) < 4.78 is 0. The molecular formula is C38H75P. The molecule has 2 fully saturated rings. The second-order valence-corrected chi connectivity index (χ2v) is 16.3. The van der Waals surface area contributed by atoms with E-state index in [1.54, 1.807) is 51.4 Å². The molecule has 1 heteroatoms. The van der Waals surface area contributed by atoms with Gasteiger partial charge in [0.05, 0.1) is 0 Å². The summed E-state index contributed by atoms with van der Waals surface area (Å²) in [5, 5.41) is 0.804. The van der Waals surface area contributed by atoms with Crippen LogP contribution in [0.25, 0.3) is 0 Å². The Morgan fingerprint density at radius 3 is 1.10 bits per heavy atom. The minimum absolute atomic E-state index is 0.804. The lowest BCUT2D eigenvalue weighted by Crippen LogP contribution is -2.41. The van der Waals surface area contributed by atoms with Crippen molar-refractivity contribution in [3.63, 3.8) is 0 Å². The molecule has 2 heterocycles. The standard InChI is InChI=1S/C38H75P/c1-3-5-7-9-11-12-13-14-15-16-17-18-19-20-21-22-23-25-27-31-36(30-26-24-10-8-6-4-2)38-34-28-32-37(39-38)33-29-35-38/h36-37,39H,3-35H2,1-2H3. The summed E-state index contributed by atoms with van der Waals surface area (Å²) >= 11 is 0. The van der Waals surface area contributed by atoms with E-state index in [4.69, 9.17) is 0 Å². The summed E-state index contributed by atoms with van der Waals surface area (Å²) in [5.74, 6) is 1.08. The first-order valence-corrected chi connectivity index (χ1v) is 20.2. The molecule has 0 nitrogen and oxygen atoms in total. The second-order valence-electron chi connectivity index (χ2n) is 14.2. The highest BCUT2D eigenvalue weighted by Gasteiger charge is 2.43. The van der Waals surface area contributed by atoms with Crippen LogP contribution in [0.2, 0.25) is 0 Å². The third-order valence-electron chi connectivity index (χ3n) is 10.7. The predicted octanol–water partition coefficient (Wildman–Crippen LogP) is 14.3. The molecule has 0 aromatic carbocycles. The molecule has 2 saturated heterocycles. The van der Waals surface area contributed by atoms with Crippen molar-refractivity contribution in [1.29, 1.82) is 0 Å². The first-order chi connectivity index (χ1) is 19.3. The van der Waals surface area contributed by atoms with Gasteiger partial charge in [-0.1, -0.05) is 187 Å². The average molecular weight is 563 g/mol. The van der Waals surface area contributed by atoms with Crippen molar-refractivity contribution in [2.24, 2.45) is 5.92 Å². The maximum Gasteiger partial charge on any atom is -0.00912 e. The zero-order chi connectivity index (χ0) is 27.7. The van der Waals surface area contributed by atoms with Crippen molar-refractivity contribution in [2.75, 3.05) is 0 Å². The Hall–Kier alpha value is 0.430. The number of hydrogen-bond acceptors (Lipinski definition) is 0. The van der Waals surface area contributed by atoms with Crippen LogP contribution in [0.3, 0.4) is 0 Å². The van der Waals surface area contributed by atoms with E-state index in [9.17, 15) is 0 Å². The van der Waals surface area contributed by atoms with E-state index >= 15 is 0 Å². The van der Waals surface area contributed by atoms with Crippen LogP contribution < -0.4 is 0 Å². The smallest absolute Gasteiger partial charge is 0.00912 e. The van der Waals surface area contributed by atoms with Gasteiger partial charge in [0.15, 0.2) is 0 Å². The minimum atomic E-state index is 0.804. The van der Waals surface area contributed by atoms with E-state index in [1.807, 2.05) is 0 Å². The van der Waals surface area contributed by atoms with Crippen LogP contribution in [0.1, 0.15) is 226 Å². The van der Waals surface area contributed by atoms with Crippen molar-refractivity contribution in [1.82, 2.24) is 0 Å². The third kappa shape index (κ3) is 17.2. The highest BCUT2D eigenvalue weighted by Crippen LogP contribution is 2.59. The molecule has 0 N–H and O–H groups in total. The van der Waals surface area contributed by atoms with E-state index < -0.39 is 0 Å². The van der Waals surface area contributed by atoms with Crippen molar-refractivity contribution in [2.45, 2.75) is 237 Å². The quantitative estimate of drug-likeness (QED) is 0.0657. The van der Waals surface area contributed by atoms with Gasteiger partial charge in [-0.3, -0.25) is 0 Å². The third-order valence-corrected chi connectivity index (χ3v) is 13.2. The lowest BCUT2D eigenvalue weighted by molar-refractivity contribution is 0.242. The molecule has 232 valence electrons. The van der Waals surface area contributed by atoms with Gasteiger partial charge < -0.3 is 0 Å². The summed E-state index contributed by atoms with van der Waals surface area (Å²) in [6.07, 6.45) is 49.8. The fourth-order valence-corrected chi connectivity index (χ4v) is 10.8. The molecular weight excluding hydrogens is 487 g/mol. The number of fused-ring (bicyclic) bond motifs is 2. The highest BCUT2D eigenvalue weighted by molar-refractivity contribution is 7.41. The fourth-order valence-electron chi connectivity index (χ4n) is 8.16. The van der Waals surface area contributed by atoms with Gasteiger partial charge >= 0.3 is 0 Å². The fraction of sp³-hybridized carbons (Fsp3) is 1.00. The molecule has 2 aliphatic rings. The predicted molar refractivity (Wildman–Crippen MR) is 182 cm³/mol. The van der Waals surface area contributed by atoms with Gasteiger partial charge in [0.1, 0.15) is 0 Å². The molecule has 0 saturated carbocycles. The minimum Gasteiger partial charge on any atom is -0.112 e. The van der Waals surface area contributed by atoms with E-state index in [1.165, 1.54) is 169 Å². The molecule has 2 bridgehead atoms. The summed E-state index contributed by atoms with van der Waals surface area (Å²) in [5.41, 5.74) is 1.13. The Balaban J connectivity index is 1.44. The molecule has 2 rings (SSSR count). The Bertz CT molecular complexity index is 503. The Morgan fingerprint density at radius 2 is 0.769 bits per heavy atom. The van der Waals surface area contributed by atoms with Crippen LogP contribution in [0.5, 0.6) is 0 Å². The van der Waals surface area contributed by atoms with Gasteiger partial charge in [-0.05, 0) is 55.3 Å². The molecule has 2 aliphatic heterocycles. The van der Waals surface area contributed by atoms with Crippen molar-refractivity contribution in [3.8, 4) is 0 Å². The van der Waals surface area contributed by atoms with E-state index in [2.05, 4.69) is 13.8 Å². The van der Waals surface area contributed by atoms with Crippen LogP contribution in [0.4, 0.5) is 0 Å². The van der Waals surface area contributed by atoms with Gasteiger partial charge in [0.25, 0.3) is 0 Å². The second kappa shape index (κ2) is 25.0. The van der Waals surface area contributed by atoms with E-state index in [0.717, 1.165) is 16.7 Å². The molecule has 0 spiro atoms. The number of rotatable bonds is 28. The molecule has 2 unspecified atom stereocenters. The Kier molecular flexibility index (Phi) is 22.8. The van der Waals surface area contributed by atoms with Crippen LogP contribution in [-0.2, 0) is 0 Å². The lowest BCUT2D eigenvalue weighted by Gasteiger charge is -2.50. The molecule has 0 aliphatic carbocycles. The molecule has 0 amide bonds. The topological polar surface area (TPSA) is 0 Å². The zero-order valence-corrected chi connectivity index (χ0v) is 28.5. The normalized spacial score (nSPS) is 22.5. The number of unbranched alkanes of at least 4 members (excludes halogenated alkanes) is 23. The van der Waals surface area contributed by atoms with Gasteiger partial charge in [0.2, 0.25) is 0 Å². The first-order valence-electron chi connectivity index (χ1n) is 19.1. The summed E-state index contributed by atoms with van der Waals surface area (Å²) in [4.78, 5) is 0. The van der Waals surface area contributed by atoms with Gasteiger partial charge in [-0.25, -0.2) is 0 Å². The zero-order valence-electron chi connectivity index (χ0n) is 27.5.